The molecule has 3 heteroatoms. The Morgan fingerprint density at radius 2 is 2.06 bits per heavy atom. The van der Waals surface area contributed by atoms with Gasteiger partial charge in [0.25, 0.3) is 0 Å². The van der Waals surface area contributed by atoms with Gasteiger partial charge in [0.05, 0.1) is 0 Å². The van der Waals surface area contributed by atoms with Crippen LogP contribution in [0.1, 0.15) is 43.7 Å². The van der Waals surface area contributed by atoms with Crippen molar-refractivity contribution in [1.82, 2.24) is 5.32 Å². The molecule has 1 aromatic rings. The minimum absolute atomic E-state index is 0.402. The molecular formula is C15H20BrNO. The molecule has 2 nitrogen and oxygen atoms in total. The van der Waals surface area contributed by atoms with E-state index in [1.807, 2.05) is 7.05 Å². The van der Waals surface area contributed by atoms with Gasteiger partial charge in [0, 0.05) is 22.5 Å². The number of fused-ring (bicyclic) bond motifs is 1. The highest BCUT2D eigenvalue weighted by molar-refractivity contribution is 9.10. The minimum Gasteiger partial charge on any atom is -0.490 e. The van der Waals surface area contributed by atoms with E-state index in [9.17, 15) is 0 Å². The van der Waals surface area contributed by atoms with E-state index in [-0.39, 0.29) is 0 Å². The number of nitrogens with one attached hydrogen (secondary N) is 1. The molecule has 3 rings (SSSR count). The number of hydrogen-bond acceptors (Lipinski definition) is 2. The third-order valence-electron chi connectivity index (χ3n) is 4.37. The van der Waals surface area contributed by atoms with Crippen LogP contribution in [0.3, 0.4) is 0 Å². The molecule has 98 valence electrons. The molecule has 2 aliphatic rings. The number of rotatable bonds is 2. The Balaban J connectivity index is 1.86. The Kier molecular flexibility index (Phi) is 3.62. The van der Waals surface area contributed by atoms with Gasteiger partial charge in [-0.15, -0.1) is 0 Å². The number of ether oxygens (including phenoxy) is 1. The van der Waals surface area contributed by atoms with Gasteiger partial charge in [-0.2, -0.15) is 0 Å². The molecule has 0 spiro atoms. The van der Waals surface area contributed by atoms with Crippen LogP contribution in [0.25, 0.3) is 0 Å². The van der Waals surface area contributed by atoms with E-state index in [0.717, 1.165) is 22.6 Å². The first-order valence-corrected chi connectivity index (χ1v) is 7.70. The number of hydrogen-bond donors (Lipinski definition) is 1. The fourth-order valence-electron chi connectivity index (χ4n) is 3.36. The highest BCUT2D eigenvalue weighted by Crippen LogP contribution is 2.41. The van der Waals surface area contributed by atoms with Gasteiger partial charge in [0.1, 0.15) is 11.9 Å². The fraction of sp³-hybridized carbons (Fsp3) is 0.600. The normalized spacial score (nSPS) is 27.9. The van der Waals surface area contributed by atoms with Crippen molar-refractivity contribution in [3.05, 3.63) is 28.2 Å². The first kappa shape index (κ1) is 12.5. The summed E-state index contributed by atoms with van der Waals surface area (Å²) in [5, 5.41) is 3.44. The largest absolute Gasteiger partial charge is 0.490 e. The summed E-state index contributed by atoms with van der Waals surface area (Å²) in [5.74, 6) is 1.83. The van der Waals surface area contributed by atoms with Crippen molar-refractivity contribution in [2.75, 3.05) is 7.05 Å². The van der Waals surface area contributed by atoms with E-state index in [0.29, 0.717) is 12.1 Å². The molecule has 0 amide bonds. The maximum absolute atomic E-state index is 6.24. The summed E-state index contributed by atoms with van der Waals surface area (Å²) < 4.78 is 7.37. The van der Waals surface area contributed by atoms with Crippen molar-refractivity contribution in [2.45, 2.75) is 44.2 Å². The maximum atomic E-state index is 6.24. The molecule has 1 N–H and O–H groups in total. The Bertz CT molecular complexity index is 429. The lowest BCUT2D eigenvalue weighted by molar-refractivity contribution is 0.0962. The SMILES string of the molecule is CNC1CC(C2CCCC2)Oc2ccc(Br)cc21. The van der Waals surface area contributed by atoms with E-state index in [4.69, 9.17) is 4.74 Å². The third kappa shape index (κ3) is 2.30. The maximum Gasteiger partial charge on any atom is 0.124 e. The zero-order chi connectivity index (χ0) is 12.5. The molecule has 0 saturated heterocycles. The molecule has 1 saturated carbocycles. The van der Waals surface area contributed by atoms with Gasteiger partial charge in [0.2, 0.25) is 0 Å². The molecule has 0 radical (unpaired) electrons. The molecule has 1 heterocycles. The Morgan fingerprint density at radius 1 is 1.28 bits per heavy atom. The van der Waals surface area contributed by atoms with Gasteiger partial charge in [-0.3, -0.25) is 0 Å². The van der Waals surface area contributed by atoms with Crippen LogP contribution in [0.5, 0.6) is 5.75 Å². The second-order valence-electron chi connectivity index (χ2n) is 5.46. The fourth-order valence-corrected chi connectivity index (χ4v) is 3.74. The Morgan fingerprint density at radius 3 is 2.78 bits per heavy atom. The molecule has 0 aromatic heterocycles. The smallest absolute Gasteiger partial charge is 0.124 e. The summed E-state index contributed by atoms with van der Waals surface area (Å²) in [6.07, 6.45) is 6.94. The molecule has 2 unspecified atom stereocenters. The van der Waals surface area contributed by atoms with Crippen LogP contribution in [0.15, 0.2) is 22.7 Å². The Labute approximate surface area is 117 Å². The van der Waals surface area contributed by atoms with Gasteiger partial charge in [-0.1, -0.05) is 28.8 Å². The lowest BCUT2D eigenvalue weighted by atomic mass is 9.89. The van der Waals surface area contributed by atoms with Crippen LogP contribution in [0.4, 0.5) is 0 Å². The second-order valence-corrected chi connectivity index (χ2v) is 6.38. The zero-order valence-electron chi connectivity index (χ0n) is 10.8. The van der Waals surface area contributed by atoms with E-state index < -0.39 is 0 Å². The lowest BCUT2D eigenvalue weighted by Gasteiger charge is -2.35. The number of halogens is 1. The lowest BCUT2D eigenvalue weighted by Crippen LogP contribution is -2.35. The van der Waals surface area contributed by atoms with E-state index in [1.54, 1.807) is 0 Å². The molecule has 1 aliphatic carbocycles. The summed E-state index contributed by atoms with van der Waals surface area (Å²) in [7, 11) is 2.05. The van der Waals surface area contributed by atoms with Gasteiger partial charge in [-0.25, -0.2) is 0 Å². The predicted molar refractivity (Wildman–Crippen MR) is 76.9 cm³/mol. The van der Waals surface area contributed by atoms with E-state index >= 15 is 0 Å². The molecule has 2 atom stereocenters. The van der Waals surface area contributed by atoms with Crippen molar-refractivity contribution in [3.63, 3.8) is 0 Å². The average molecular weight is 310 g/mol. The summed E-state index contributed by atoms with van der Waals surface area (Å²) in [6, 6.07) is 6.78. The van der Waals surface area contributed by atoms with Gasteiger partial charge < -0.3 is 10.1 Å². The molecule has 1 aliphatic heterocycles. The molecule has 18 heavy (non-hydrogen) atoms. The van der Waals surface area contributed by atoms with Crippen molar-refractivity contribution in [2.24, 2.45) is 5.92 Å². The van der Waals surface area contributed by atoms with E-state index in [1.165, 1.54) is 31.2 Å². The van der Waals surface area contributed by atoms with Crippen molar-refractivity contribution in [3.8, 4) is 5.75 Å². The van der Waals surface area contributed by atoms with Crippen molar-refractivity contribution in [1.29, 1.82) is 0 Å². The monoisotopic (exact) mass is 309 g/mol. The minimum atomic E-state index is 0.402. The predicted octanol–water partition coefficient (Wildman–Crippen LogP) is 4.05. The van der Waals surface area contributed by atoms with Gasteiger partial charge in [0.15, 0.2) is 0 Å². The van der Waals surface area contributed by atoms with Crippen LogP contribution < -0.4 is 10.1 Å². The molecule has 0 bridgehead atoms. The van der Waals surface area contributed by atoms with Crippen LogP contribution in [0.2, 0.25) is 0 Å². The Hall–Kier alpha value is -0.540. The zero-order valence-corrected chi connectivity index (χ0v) is 12.4. The first-order valence-electron chi connectivity index (χ1n) is 6.91. The summed E-state index contributed by atoms with van der Waals surface area (Å²) in [5.41, 5.74) is 1.29. The quantitative estimate of drug-likeness (QED) is 0.890. The summed E-state index contributed by atoms with van der Waals surface area (Å²) >= 11 is 3.55. The number of benzene rings is 1. The van der Waals surface area contributed by atoms with Crippen molar-refractivity contribution < 1.29 is 4.74 Å². The standard InChI is InChI=1S/C15H20BrNO/c1-17-13-9-15(10-4-2-3-5-10)18-14-7-6-11(16)8-12(13)14/h6-8,10,13,15,17H,2-5,9H2,1H3. The van der Waals surface area contributed by atoms with Gasteiger partial charge >= 0.3 is 0 Å². The van der Waals surface area contributed by atoms with Crippen molar-refractivity contribution >= 4 is 15.9 Å². The van der Waals surface area contributed by atoms with Crippen LogP contribution >= 0.6 is 15.9 Å². The van der Waals surface area contributed by atoms with Crippen LogP contribution in [-0.2, 0) is 0 Å². The van der Waals surface area contributed by atoms with Gasteiger partial charge in [-0.05, 0) is 44.0 Å². The third-order valence-corrected chi connectivity index (χ3v) is 4.86. The topological polar surface area (TPSA) is 21.3 Å². The molecule has 1 fully saturated rings. The van der Waals surface area contributed by atoms with Crippen LogP contribution in [0, 0.1) is 5.92 Å². The highest BCUT2D eigenvalue weighted by atomic mass is 79.9. The summed E-state index contributed by atoms with van der Waals surface area (Å²) in [4.78, 5) is 0. The molecule has 1 aromatic carbocycles. The van der Waals surface area contributed by atoms with Crippen LogP contribution in [-0.4, -0.2) is 13.2 Å². The summed E-state index contributed by atoms with van der Waals surface area (Å²) in [6.45, 7) is 0. The average Bonchev–Trinajstić information content (AvgIpc) is 2.91. The van der Waals surface area contributed by atoms with E-state index in [2.05, 4.69) is 39.4 Å². The second kappa shape index (κ2) is 5.22. The molecular weight excluding hydrogens is 290 g/mol. The highest BCUT2D eigenvalue weighted by Gasteiger charge is 2.34. The first-order chi connectivity index (χ1) is 8.78.